The predicted octanol–water partition coefficient (Wildman–Crippen LogP) is 8.31. The summed E-state index contributed by atoms with van der Waals surface area (Å²) in [5.74, 6) is 1.10. The number of hydrogen-bond donors (Lipinski definition) is 0. The lowest BCUT2D eigenvalue weighted by atomic mass is 9.80. The van der Waals surface area contributed by atoms with E-state index >= 15 is 0 Å². The number of rotatable bonds is 11. The van der Waals surface area contributed by atoms with Gasteiger partial charge in [0.05, 0.1) is 6.26 Å². The first-order valence-electron chi connectivity index (χ1n) is 16.0. The van der Waals surface area contributed by atoms with Crippen molar-refractivity contribution in [3.05, 3.63) is 88.4 Å². The molecule has 0 aliphatic heterocycles. The van der Waals surface area contributed by atoms with Crippen molar-refractivity contribution in [2.24, 2.45) is 5.92 Å². The van der Waals surface area contributed by atoms with Gasteiger partial charge in [-0.3, -0.25) is 14.4 Å². The van der Waals surface area contributed by atoms with Gasteiger partial charge in [-0.2, -0.15) is 0 Å². The molecule has 0 saturated heterocycles. The van der Waals surface area contributed by atoms with E-state index in [2.05, 4.69) is 37.3 Å². The second-order valence-corrected chi connectivity index (χ2v) is 12.6. The number of carbonyl (C=O) groups is 3. The molecule has 0 amide bonds. The fourth-order valence-corrected chi connectivity index (χ4v) is 7.33. The predicted molar refractivity (Wildman–Crippen MR) is 168 cm³/mol. The molecule has 2 fully saturated rings. The van der Waals surface area contributed by atoms with Gasteiger partial charge in [-0.05, 0) is 110 Å². The van der Waals surface area contributed by atoms with E-state index < -0.39 is 5.92 Å². The Morgan fingerprint density at radius 3 is 2.38 bits per heavy atom. The fraction of sp³-hybridized carbons (Fsp3) is 0.486. The van der Waals surface area contributed by atoms with Crippen LogP contribution in [0.4, 0.5) is 0 Å². The summed E-state index contributed by atoms with van der Waals surface area (Å²) < 4.78 is 5.48. The monoisotopic (exact) mass is 562 g/mol. The number of hydrogen-bond acceptors (Lipinski definition) is 4. The van der Waals surface area contributed by atoms with Gasteiger partial charge in [-0.1, -0.05) is 56.2 Å². The average molecular weight is 563 g/mol. The topological polar surface area (TPSA) is 64.3 Å². The van der Waals surface area contributed by atoms with Gasteiger partial charge in [-0.25, -0.2) is 0 Å². The lowest BCUT2D eigenvalue weighted by Gasteiger charge is -2.23. The van der Waals surface area contributed by atoms with E-state index in [0.29, 0.717) is 41.5 Å². The van der Waals surface area contributed by atoms with Gasteiger partial charge in [-0.15, -0.1) is 0 Å². The second kappa shape index (κ2) is 13.8. The van der Waals surface area contributed by atoms with Crippen LogP contribution in [0.15, 0.2) is 59.2 Å². The molecule has 4 nitrogen and oxygen atoms in total. The summed E-state index contributed by atoms with van der Waals surface area (Å²) in [5.41, 5.74) is 5.89. The molecule has 1 aromatic heterocycles. The van der Waals surface area contributed by atoms with E-state index in [-0.39, 0.29) is 23.2 Å². The molecular formula is C37H43BO4. The van der Waals surface area contributed by atoms with Crippen LogP contribution in [0.25, 0.3) is 0 Å². The van der Waals surface area contributed by atoms with Gasteiger partial charge in [0, 0.05) is 30.2 Å². The highest BCUT2D eigenvalue weighted by Crippen LogP contribution is 2.42. The number of carbonyl (C=O) groups excluding carboxylic acids is 3. The number of furan rings is 1. The van der Waals surface area contributed by atoms with Crippen molar-refractivity contribution in [3.8, 4) is 0 Å². The largest absolute Gasteiger partial charge is 0.462 e. The Morgan fingerprint density at radius 1 is 0.929 bits per heavy atom. The number of Topliss-reactive ketones (excluding diaryl/α,β-unsaturated/α-hetero) is 3. The van der Waals surface area contributed by atoms with Gasteiger partial charge < -0.3 is 4.42 Å². The molecule has 2 aliphatic carbocycles. The highest BCUT2D eigenvalue weighted by molar-refractivity contribution is 6.36. The molecule has 5 rings (SSSR count). The summed E-state index contributed by atoms with van der Waals surface area (Å²) in [6.07, 6.45) is 12.7. The van der Waals surface area contributed by atoms with Crippen LogP contribution < -0.4 is 5.46 Å². The summed E-state index contributed by atoms with van der Waals surface area (Å²) in [4.78, 5) is 38.8. The van der Waals surface area contributed by atoms with Crippen molar-refractivity contribution in [3.63, 3.8) is 0 Å². The molecule has 2 aromatic carbocycles. The van der Waals surface area contributed by atoms with Crippen LogP contribution in [0, 0.1) is 12.8 Å². The van der Waals surface area contributed by atoms with Crippen LogP contribution >= 0.6 is 0 Å². The van der Waals surface area contributed by atoms with Crippen molar-refractivity contribution in [2.45, 2.75) is 109 Å². The number of unbranched alkanes of at least 4 members (excludes halogenated alkanes) is 1. The maximum Gasteiger partial charge on any atom is 0.204 e. The van der Waals surface area contributed by atoms with Crippen molar-refractivity contribution in [1.82, 2.24) is 0 Å². The Kier molecular flexibility index (Phi) is 9.97. The Bertz CT molecular complexity index is 1420. The lowest BCUT2D eigenvalue weighted by Crippen LogP contribution is -2.19. The van der Waals surface area contributed by atoms with Gasteiger partial charge in [0.1, 0.15) is 13.6 Å². The average Bonchev–Trinajstić information content (AvgIpc) is 3.53. The molecule has 5 heteroatoms. The maximum absolute atomic E-state index is 13.6. The molecule has 0 bridgehead atoms. The van der Waals surface area contributed by atoms with Crippen LogP contribution in [0.5, 0.6) is 0 Å². The van der Waals surface area contributed by atoms with Gasteiger partial charge in [0.25, 0.3) is 0 Å². The minimum absolute atomic E-state index is 0.0955. The van der Waals surface area contributed by atoms with Crippen LogP contribution in [0.3, 0.4) is 0 Å². The van der Waals surface area contributed by atoms with Crippen molar-refractivity contribution in [1.29, 1.82) is 0 Å². The molecule has 3 aromatic rings. The Labute approximate surface area is 252 Å². The highest BCUT2D eigenvalue weighted by atomic mass is 16.3. The smallest absolute Gasteiger partial charge is 0.204 e. The Morgan fingerprint density at radius 2 is 1.69 bits per heavy atom. The van der Waals surface area contributed by atoms with Gasteiger partial charge >= 0.3 is 0 Å². The van der Waals surface area contributed by atoms with Crippen molar-refractivity contribution in [2.75, 3.05) is 0 Å². The van der Waals surface area contributed by atoms with Crippen LogP contribution in [-0.2, 0) is 4.79 Å². The zero-order valence-electron chi connectivity index (χ0n) is 25.2. The molecule has 4 atom stereocenters. The Balaban J connectivity index is 1.35. The number of ketones is 3. The van der Waals surface area contributed by atoms with E-state index in [0.717, 1.165) is 69.8 Å². The summed E-state index contributed by atoms with van der Waals surface area (Å²) in [7, 11) is 6.05. The zero-order chi connectivity index (χ0) is 29.6. The standard InChI is InChI=1S/C37H43BO4/c1-24-9-3-5-14-30(24)26-11-7-12-27(18-17-26)31-20-19-29(35(40)15-6-4-10-28-13-8-16-34(28)39)23-32(31)25(2)36(41)37-33(38)21-22-42-37/h3,5,9,14,19-23,25-28H,4,6-8,10-13,15-18H2,1-2H3. The van der Waals surface area contributed by atoms with Crippen LogP contribution in [0.1, 0.15) is 145 Å². The summed E-state index contributed by atoms with van der Waals surface area (Å²) in [6, 6.07) is 16.4. The molecule has 2 radical (unpaired) electrons. The molecule has 4 unspecified atom stereocenters. The first kappa shape index (κ1) is 30.3. The molecule has 42 heavy (non-hydrogen) atoms. The summed E-state index contributed by atoms with van der Waals surface area (Å²) in [5, 5.41) is 0. The summed E-state index contributed by atoms with van der Waals surface area (Å²) >= 11 is 0. The highest BCUT2D eigenvalue weighted by Gasteiger charge is 2.29. The fourth-order valence-electron chi connectivity index (χ4n) is 7.33. The van der Waals surface area contributed by atoms with Crippen molar-refractivity contribution >= 4 is 30.7 Å². The minimum Gasteiger partial charge on any atom is -0.462 e. The molecular weight excluding hydrogens is 519 g/mol. The first-order chi connectivity index (χ1) is 20.3. The molecule has 2 saturated carbocycles. The maximum atomic E-state index is 13.6. The van der Waals surface area contributed by atoms with Crippen LogP contribution in [-0.4, -0.2) is 25.2 Å². The molecule has 1 heterocycles. The third-order valence-electron chi connectivity index (χ3n) is 9.86. The van der Waals surface area contributed by atoms with Gasteiger partial charge in [0.2, 0.25) is 5.78 Å². The van der Waals surface area contributed by atoms with E-state index in [1.807, 2.05) is 19.1 Å². The first-order valence-corrected chi connectivity index (χ1v) is 16.0. The molecule has 218 valence electrons. The number of aryl methyl sites for hydroxylation is 1. The van der Waals surface area contributed by atoms with E-state index in [1.54, 1.807) is 6.07 Å². The quantitative estimate of drug-likeness (QED) is 0.102. The minimum atomic E-state index is -0.481. The molecule has 0 spiro atoms. The lowest BCUT2D eigenvalue weighted by molar-refractivity contribution is -0.120. The van der Waals surface area contributed by atoms with Crippen LogP contribution in [0.2, 0.25) is 0 Å². The zero-order valence-corrected chi connectivity index (χ0v) is 25.2. The third kappa shape index (κ3) is 6.88. The summed E-state index contributed by atoms with van der Waals surface area (Å²) in [6.45, 7) is 4.11. The normalized spacial score (nSPS) is 21.7. The van der Waals surface area contributed by atoms with E-state index in [9.17, 15) is 14.4 Å². The van der Waals surface area contributed by atoms with E-state index in [1.165, 1.54) is 23.0 Å². The Hall–Kier alpha value is -3.21. The van der Waals surface area contributed by atoms with E-state index in [4.69, 9.17) is 12.3 Å². The second-order valence-electron chi connectivity index (χ2n) is 12.6. The van der Waals surface area contributed by atoms with Crippen molar-refractivity contribution < 1.29 is 18.8 Å². The van der Waals surface area contributed by atoms with Gasteiger partial charge in [0.15, 0.2) is 11.5 Å². The third-order valence-corrected chi connectivity index (χ3v) is 9.86. The number of benzene rings is 2. The molecule has 0 N–H and O–H groups in total. The molecule has 2 aliphatic rings. The SMILES string of the molecule is [B]c1ccoc1C(=O)C(C)c1cc(C(=O)CCCCC2CCCC2=O)ccc1C1CCCC(c2ccccc2C)CC1.